The summed E-state index contributed by atoms with van der Waals surface area (Å²) in [7, 11) is 0. The van der Waals surface area contributed by atoms with Gasteiger partial charge in [-0.1, -0.05) is 6.42 Å². The lowest BCUT2D eigenvalue weighted by molar-refractivity contribution is -0.149. The number of furan rings is 1. The molecule has 174 valence electrons. The molecule has 2 aliphatic heterocycles. The average molecular weight is 453 g/mol. The molecule has 1 spiro atoms. The van der Waals surface area contributed by atoms with Gasteiger partial charge in [0.2, 0.25) is 11.8 Å². The molecular formula is C24H28N4O5. The number of carbonyl (C=O) groups excluding carboxylic acids is 3. The van der Waals surface area contributed by atoms with Gasteiger partial charge in [0.05, 0.1) is 12.9 Å². The number of carbonyl (C=O) groups is 3. The van der Waals surface area contributed by atoms with Crippen molar-refractivity contribution < 1.29 is 23.5 Å². The first-order valence-corrected chi connectivity index (χ1v) is 11.5. The van der Waals surface area contributed by atoms with Gasteiger partial charge in [0, 0.05) is 50.8 Å². The number of amides is 3. The van der Waals surface area contributed by atoms with Crippen LogP contribution in [0.3, 0.4) is 0 Å². The van der Waals surface area contributed by atoms with Gasteiger partial charge in [-0.15, -0.1) is 0 Å². The number of hydrogen-bond acceptors (Lipinski definition) is 6. The van der Waals surface area contributed by atoms with Gasteiger partial charge in [-0.2, -0.15) is 0 Å². The van der Waals surface area contributed by atoms with E-state index in [2.05, 4.69) is 10.3 Å². The molecule has 0 bridgehead atoms. The molecule has 5 rings (SSSR count). The minimum atomic E-state index is -0.932. The molecule has 2 aromatic rings. The monoisotopic (exact) mass is 452 g/mol. The molecule has 0 radical (unpaired) electrons. The third-order valence-corrected chi connectivity index (χ3v) is 7.04. The Morgan fingerprint density at radius 1 is 1.12 bits per heavy atom. The molecule has 0 aromatic carbocycles. The van der Waals surface area contributed by atoms with Gasteiger partial charge in [0.1, 0.15) is 11.8 Å². The van der Waals surface area contributed by atoms with Crippen LogP contribution in [0.1, 0.15) is 48.2 Å². The van der Waals surface area contributed by atoms with Gasteiger partial charge < -0.3 is 19.4 Å². The second kappa shape index (κ2) is 8.97. The first-order valence-electron chi connectivity index (χ1n) is 11.5. The number of nitrogens with one attached hydrogen (secondary N) is 1. The zero-order valence-corrected chi connectivity index (χ0v) is 18.4. The van der Waals surface area contributed by atoms with E-state index in [9.17, 15) is 14.4 Å². The summed E-state index contributed by atoms with van der Waals surface area (Å²) in [5, 5.41) is 2.91. The fourth-order valence-electron chi connectivity index (χ4n) is 4.88. The van der Waals surface area contributed by atoms with E-state index in [4.69, 9.17) is 9.15 Å². The van der Waals surface area contributed by atoms with Crippen molar-refractivity contribution in [2.45, 2.75) is 50.4 Å². The van der Waals surface area contributed by atoms with Crippen LogP contribution in [0.5, 0.6) is 0 Å². The summed E-state index contributed by atoms with van der Waals surface area (Å²) < 4.78 is 11.5. The molecule has 4 heterocycles. The molecule has 1 unspecified atom stereocenters. The average Bonchev–Trinajstić information content (AvgIpc) is 3.46. The maximum Gasteiger partial charge on any atom is 0.292 e. The van der Waals surface area contributed by atoms with E-state index in [1.807, 2.05) is 17.0 Å². The van der Waals surface area contributed by atoms with Gasteiger partial charge in [0.15, 0.2) is 5.76 Å². The third kappa shape index (κ3) is 4.13. The summed E-state index contributed by atoms with van der Waals surface area (Å²) in [4.78, 5) is 46.7. The highest BCUT2D eigenvalue weighted by Gasteiger charge is 2.55. The Labute approximate surface area is 192 Å². The Bertz CT molecular complexity index is 997. The fourth-order valence-corrected chi connectivity index (χ4v) is 4.88. The molecule has 9 nitrogen and oxygen atoms in total. The topological polar surface area (TPSA) is 105 Å². The molecule has 33 heavy (non-hydrogen) atoms. The first kappa shape index (κ1) is 21.6. The van der Waals surface area contributed by atoms with Crippen molar-refractivity contribution in [3.63, 3.8) is 0 Å². The number of pyridine rings is 1. The van der Waals surface area contributed by atoms with Crippen molar-refractivity contribution in [1.29, 1.82) is 0 Å². The number of piperidine rings is 1. The van der Waals surface area contributed by atoms with Gasteiger partial charge in [-0.3, -0.25) is 24.3 Å². The lowest BCUT2D eigenvalue weighted by atomic mass is 9.83. The van der Waals surface area contributed by atoms with Gasteiger partial charge in [-0.25, -0.2) is 0 Å². The Kier molecular flexibility index (Phi) is 5.88. The molecule has 2 aromatic heterocycles. The van der Waals surface area contributed by atoms with Crippen molar-refractivity contribution in [1.82, 2.24) is 20.1 Å². The Morgan fingerprint density at radius 3 is 2.52 bits per heavy atom. The van der Waals surface area contributed by atoms with E-state index in [0.717, 1.165) is 24.8 Å². The summed E-state index contributed by atoms with van der Waals surface area (Å²) in [5.74, 6) is -0.155. The minimum Gasteiger partial charge on any atom is -0.459 e. The molecule has 1 N–H and O–H groups in total. The zero-order chi connectivity index (χ0) is 22.8. The molecule has 1 saturated carbocycles. The Hall–Kier alpha value is -3.20. The third-order valence-electron chi connectivity index (χ3n) is 7.04. The molecule has 1 atom stereocenters. The van der Waals surface area contributed by atoms with Crippen molar-refractivity contribution in [3.8, 4) is 0 Å². The lowest BCUT2D eigenvalue weighted by Gasteiger charge is -2.45. The summed E-state index contributed by atoms with van der Waals surface area (Å²) in [6, 6.07) is 6.12. The van der Waals surface area contributed by atoms with Gasteiger partial charge in [-0.05, 0) is 42.7 Å². The standard InChI is InChI=1S/C24H28N4O5/c29-21(26-15-17-6-10-25-11-7-17)19-16-33-24(28(19)23(31)20-5-2-14-32-20)8-12-27(13-9-24)22(30)18-3-1-4-18/h2,5-7,10-11,14,18-19H,1,3-4,8-9,12-13,15-16H2,(H,26,29). The Balaban J connectivity index is 1.32. The number of likely N-dealkylation sites (tertiary alicyclic amines) is 1. The molecular weight excluding hydrogens is 424 g/mol. The summed E-state index contributed by atoms with van der Waals surface area (Å²) in [5.41, 5.74) is -0.0161. The van der Waals surface area contributed by atoms with Gasteiger partial charge >= 0.3 is 0 Å². The van der Waals surface area contributed by atoms with E-state index in [1.165, 1.54) is 6.26 Å². The smallest absolute Gasteiger partial charge is 0.292 e. The second-order valence-electron chi connectivity index (χ2n) is 8.95. The van der Waals surface area contributed by atoms with Crippen LogP contribution >= 0.6 is 0 Å². The van der Waals surface area contributed by atoms with Crippen molar-refractivity contribution in [2.24, 2.45) is 5.92 Å². The number of hydrogen-bond donors (Lipinski definition) is 1. The van der Waals surface area contributed by atoms with E-state index in [0.29, 0.717) is 32.5 Å². The van der Waals surface area contributed by atoms with E-state index >= 15 is 0 Å². The maximum absolute atomic E-state index is 13.4. The van der Waals surface area contributed by atoms with Crippen LogP contribution in [-0.4, -0.2) is 64.0 Å². The van der Waals surface area contributed by atoms with Gasteiger partial charge in [0.25, 0.3) is 5.91 Å². The number of aromatic nitrogens is 1. The first-order chi connectivity index (χ1) is 16.1. The predicted octanol–water partition coefficient (Wildman–Crippen LogP) is 1.95. The molecule has 2 saturated heterocycles. The van der Waals surface area contributed by atoms with Crippen LogP contribution in [0.25, 0.3) is 0 Å². The van der Waals surface area contributed by atoms with Crippen molar-refractivity contribution in [3.05, 3.63) is 54.2 Å². The highest BCUT2D eigenvalue weighted by molar-refractivity contribution is 5.96. The quantitative estimate of drug-likeness (QED) is 0.744. The highest BCUT2D eigenvalue weighted by Crippen LogP contribution is 2.39. The summed E-state index contributed by atoms with van der Waals surface area (Å²) in [6.45, 7) is 1.44. The van der Waals surface area contributed by atoms with Crippen LogP contribution in [0.2, 0.25) is 0 Å². The zero-order valence-electron chi connectivity index (χ0n) is 18.4. The molecule has 1 aliphatic carbocycles. The van der Waals surface area contributed by atoms with Crippen LogP contribution < -0.4 is 5.32 Å². The van der Waals surface area contributed by atoms with Crippen molar-refractivity contribution in [2.75, 3.05) is 19.7 Å². The fraction of sp³-hybridized carbons (Fsp3) is 0.500. The lowest BCUT2D eigenvalue weighted by Crippen LogP contribution is -2.60. The number of rotatable bonds is 5. The van der Waals surface area contributed by atoms with E-state index < -0.39 is 11.8 Å². The molecule has 3 fully saturated rings. The normalized spacial score (nSPS) is 22.2. The maximum atomic E-state index is 13.4. The highest BCUT2D eigenvalue weighted by atomic mass is 16.5. The van der Waals surface area contributed by atoms with Crippen LogP contribution in [0.4, 0.5) is 0 Å². The predicted molar refractivity (Wildman–Crippen MR) is 117 cm³/mol. The molecule has 9 heteroatoms. The van der Waals surface area contributed by atoms with E-state index in [-0.39, 0.29) is 36.0 Å². The molecule has 3 aliphatic rings. The SMILES string of the molecule is O=C(NCc1ccncc1)C1COC2(CCN(C(=O)C3CCC3)CC2)N1C(=O)c1ccco1. The second-order valence-corrected chi connectivity index (χ2v) is 8.95. The van der Waals surface area contributed by atoms with Crippen LogP contribution in [-0.2, 0) is 20.9 Å². The van der Waals surface area contributed by atoms with Crippen LogP contribution in [0, 0.1) is 5.92 Å². The largest absolute Gasteiger partial charge is 0.459 e. The van der Waals surface area contributed by atoms with Crippen LogP contribution in [0.15, 0.2) is 47.3 Å². The Morgan fingerprint density at radius 2 is 1.88 bits per heavy atom. The number of ether oxygens (including phenoxy) is 1. The van der Waals surface area contributed by atoms with E-state index in [1.54, 1.807) is 29.4 Å². The number of nitrogens with zero attached hydrogens (tertiary/aromatic N) is 3. The minimum absolute atomic E-state index is 0.102. The molecule has 3 amide bonds. The summed E-state index contributed by atoms with van der Waals surface area (Å²) in [6.07, 6.45) is 8.73. The summed E-state index contributed by atoms with van der Waals surface area (Å²) >= 11 is 0. The van der Waals surface area contributed by atoms with Crippen molar-refractivity contribution >= 4 is 17.7 Å².